The van der Waals surface area contributed by atoms with Gasteiger partial charge in [-0.25, -0.2) is 4.98 Å². The molecule has 1 aromatic carbocycles. The van der Waals surface area contributed by atoms with Crippen molar-refractivity contribution in [3.8, 4) is 11.1 Å². The van der Waals surface area contributed by atoms with E-state index in [9.17, 15) is 9.59 Å². The van der Waals surface area contributed by atoms with Crippen molar-refractivity contribution in [1.82, 2.24) is 19.9 Å². The number of primary amides is 1. The molecule has 2 aliphatic rings. The van der Waals surface area contributed by atoms with Crippen LogP contribution in [0.5, 0.6) is 0 Å². The number of pyridine rings is 1. The number of benzene rings is 1. The highest BCUT2D eigenvalue weighted by Gasteiger charge is 2.39. The van der Waals surface area contributed by atoms with Crippen LogP contribution in [0.4, 0.5) is 0 Å². The van der Waals surface area contributed by atoms with Crippen LogP contribution in [0.3, 0.4) is 0 Å². The van der Waals surface area contributed by atoms with Crippen LogP contribution in [0.1, 0.15) is 68.7 Å². The minimum atomic E-state index is -0.687. The first-order valence-corrected chi connectivity index (χ1v) is 12.3. The Balaban J connectivity index is 1.38. The average molecular weight is 480 g/mol. The van der Waals surface area contributed by atoms with Crippen molar-refractivity contribution >= 4 is 34.3 Å². The second-order valence-electron chi connectivity index (χ2n) is 10.2. The van der Waals surface area contributed by atoms with Gasteiger partial charge in [-0.2, -0.15) is 0 Å². The van der Waals surface area contributed by atoms with Crippen molar-refractivity contribution in [2.24, 2.45) is 5.73 Å². The molecule has 0 atom stereocenters. The van der Waals surface area contributed by atoms with Crippen LogP contribution in [0.25, 0.3) is 22.2 Å². The molecule has 7 nitrogen and oxygen atoms in total. The topological polar surface area (TPSA) is 103 Å². The Kier molecular flexibility index (Phi) is 5.73. The van der Waals surface area contributed by atoms with Gasteiger partial charge in [-0.1, -0.05) is 30.5 Å². The fraction of sp³-hybridized carbons (Fsp3) is 0.462. The molecule has 0 bridgehead atoms. The molecule has 0 saturated heterocycles. The van der Waals surface area contributed by atoms with Crippen molar-refractivity contribution in [2.75, 3.05) is 6.54 Å². The number of hydrogen-bond donors (Lipinski definition) is 2. The summed E-state index contributed by atoms with van der Waals surface area (Å²) in [5.41, 5.74) is 9.05. The molecule has 0 unspecified atom stereocenters. The summed E-state index contributed by atoms with van der Waals surface area (Å²) in [6.07, 6.45) is 7.17. The number of aromatic nitrogens is 3. The van der Waals surface area contributed by atoms with Crippen molar-refractivity contribution in [3.63, 3.8) is 0 Å². The summed E-state index contributed by atoms with van der Waals surface area (Å²) in [6.45, 7) is 4.84. The van der Waals surface area contributed by atoms with Gasteiger partial charge in [0.15, 0.2) is 5.78 Å². The SMILES string of the molecule is CC1(C)CCc2nc3ccc(-c4cc(C(=O)CCNC5(C(N)=O)CCCC5)ncc4Cl)cc3n21. The first kappa shape index (κ1) is 23.0. The molecular weight excluding hydrogens is 450 g/mol. The zero-order valence-corrected chi connectivity index (χ0v) is 20.4. The van der Waals surface area contributed by atoms with Crippen molar-refractivity contribution < 1.29 is 9.59 Å². The predicted octanol–water partition coefficient (Wildman–Crippen LogP) is 4.39. The number of rotatable bonds is 7. The molecule has 1 aliphatic carbocycles. The molecule has 8 heteroatoms. The molecule has 3 aromatic rings. The molecule has 1 saturated carbocycles. The van der Waals surface area contributed by atoms with Gasteiger partial charge >= 0.3 is 0 Å². The van der Waals surface area contributed by atoms with E-state index in [-0.39, 0.29) is 23.7 Å². The predicted molar refractivity (Wildman–Crippen MR) is 133 cm³/mol. The summed E-state index contributed by atoms with van der Waals surface area (Å²) in [6, 6.07) is 7.87. The van der Waals surface area contributed by atoms with Crippen LogP contribution >= 0.6 is 11.6 Å². The number of amides is 1. The van der Waals surface area contributed by atoms with Crippen LogP contribution in [-0.2, 0) is 16.8 Å². The lowest BCUT2D eigenvalue weighted by Gasteiger charge is -2.26. The lowest BCUT2D eigenvalue weighted by atomic mass is 9.96. The number of nitrogens with zero attached hydrogens (tertiary/aromatic N) is 3. The smallest absolute Gasteiger partial charge is 0.237 e. The van der Waals surface area contributed by atoms with Gasteiger partial charge in [0.25, 0.3) is 0 Å². The molecule has 1 amide bonds. The summed E-state index contributed by atoms with van der Waals surface area (Å²) in [7, 11) is 0. The number of hydrogen-bond acceptors (Lipinski definition) is 5. The van der Waals surface area contributed by atoms with Gasteiger partial charge in [-0.15, -0.1) is 0 Å². The van der Waals surface area contributed by atoms with Gasteiger partial charge in [0.1, 0.15) is 11.5 Å². The third-order valence-corrected chi connectivity index (χ3v) is 7.79. The second kappa shape index (κ2) is 8.47. The number of ketones is 1. The molecule has 0 spiro atoms. The van der Waals surface area contributed by atoms with E-state index < -0.39 is 5.54 Å². The average Bonchev–Trinajstić information content (AvgIpc) is 3.50. The van der Waals surface area contributed by atoms with Gasteiger partial charge in [0.2, 0.25) is 5.91 Å². The fourth-order valence-corrected chi connectivity index (χ4v) is 5.72. The molecule has 178 valence electrons. The lowest BCUT2D eigenvalue weighted by Crippen LogP contribution is -2.53. The highest BCUT2D eigenvalue weighted by Crippen LogP contribution is 2.38. The number of nitrogens with one attached hydrogen (secondary N) is 1. The maximum atomic E-state index is 12.9. The molecule has 3 N–H and O–H groups in total. The van der Waals surface area contributed by atoms with Gasteiger partial charge in [-0.3, -0.25) is 14.6 Å². The minimum absolute atomic E-state index is 0.0143. The summed E-state index contributed by atoms with van der Waals surface area (Å²) in [5.74, 6) is 0.669. The Labute approximate surface area is 204 Å². The molecular formula is C26H30ClN5O2. The summed E-state index contributed by atoms with van der Waals surface area (Å²) >= 11 is 6.52. The summed E-state index contributed by atoms with van der Waals surface area (Å²) in [4.78, 5) is 33.9. The fourth-order valence-electron chi connectivity index (χ4n) is 5.51. The van der Waals surface area contributed by atoms with Crippen LogP contribution in [-0.4, -0.2) is 38.3 Å². The maximum Gasteiger partial charge on any atom is 0.237 e. The third-order valence-electron chi connectivity index (χ3n) is 7.49. The highest BCUT2D eigenvalue weighted by atomic mass is 35.5. The number of imidazole rings is 1. The Morgan fingerprint density at radius 3 is 2.68 bits per heavy atom. The number of halogens is 1. The largest absolute Gasteiger partial charge is 0.368 e. The molecule has 2 aromatic heterocycles. The number of carbonyl (C=O) groups is 2. The van der Waals surface area contributed by atoms with Crippen molar-refractivity contribution in [1.29, 1.82) is 0 Å². The summed E-state index contributed by atoms with van der Waals surface area (Å²) in [5, 5.41) is 3.74. The molecule has 1 aliphatic heterocycles. The van der Waals surface area contributed by atoms with Crippen LogP contribution in [0.15, 0.2) is 30.5 Å². The third kappa shape index (κ3) is 3.91. The Bertz CT molecular complexity index is 1290. The first-order valence-electron chi connectivity index (χ1n) is 12.0. The van der Waals surface area contributed by atoms with E-state index in [1.165, 1.54) is 6.20 Å². The number of nitrogens with two attached hydrogens (primary N) is 1. The maximum absolute atomic E-state index is 12.9. The van der Waals surface area contributed by atoms with Gasteiger partial charge in [0, 0.05) is 36.7 Å². The normalized spacial score (nSPS) is 18.3. The van der Waals surface area contributed by atoms with E-state index in [2.05, 4.69) is 34.8 Å². The summed E-state index contributed by atoms with van der Waals surface area (Å²) < 4.78 is 2.32. The number of fused-ring (bicyclic) bond motifs is 3. The monoisotopic (exact) mass is 479 g/mol. The van der Waals surface area contributed by atoms with Gasteiger partial charge in [-0.05, 0) is 56.9 Å². The van der Waals surface area contributed by atoms with Gasteiger partial charge < -0.3 is 15.6 Å². The van der Waals surface area contributed by atoms with E-state index in [4.69, 9.17) is 22.3 Å². The standard InChI is InChI=1S/C26H30ClN5O2/c1-25(2)11-7-23-31-19-6-5-16(13-21(19)32(23)25)17-14-20(29-15-18(17)27)22(33)8-12-30-26(24(28)34)9-3-4-10-26/h5-6,13-15,30H,3-4,7-12H2,1-2H3,(H2,28,34). The Morgan fingerprint density at radius 1 is 1.18 bits per heavy atom. The minimum Gasteiger partial charge on any atom is -0.368 e. The molecule has 5 rings (SSSR count). The van der Waals surface area contributed by atoms with Crippen LogP contribution in [0.2, 0.25) is 5.02 Å². The number of Topliss-reactive ketones (excluding diaryl/α,β-unsaturated/α-hetero) is 1. The van der Waals surface area contributed by atoms with Crippen molar-refractivity contribution in [3.05, 3.63) is 47.0 Å². The number of carbonyl (C=O) groups excluding carboxylic acids is 2. The molecule has 1 fully saturated rings. The van der Waals surface area contributed by atoms with Gasteiger partial charge in [0.05, 0.1) is 21.6 Å². The Morgan fingerprint density at radius 2 is 1.94 bits per heavy atom. The second-order valence-corrected chi connectivity index (χ2v) is 10.6. The molecule has 3 heterocycles. The molecule has 34 heavy (non-hydrogen) atoms. The molecule has 0 radical (unpaired) electrons. The Hall–Kier alpha value is -2.77. The van der Waals surface area contributed by atoms with Crippen LogP contribution in [0, 0.1) is 0 Å². The lowest BCUT2D eigenvalue weighted by molar-refractivity contribution is -0.124. The van der Waals surface area contributed by atoms with E-state index in [1.54, 1.807) is 6.07 Å². The number of aryl methyl sites for hydroxylation is 1. The van der Waals surface area contributed by atoms with Crippen LogP contribution < -0.4 is 11.1 Å². The van der Waals surface area contributed by atoms with E-state index in [1.807, 2.05) is 12.1 Å². The van der Waals surface area contributed by atoms with Crippen molar-refractivity contribution in [2.45, 2.75) is 69.9 Å². The zero-order chi connectivity index (χ0) is 24.1. The highest BCUT2D eigenvalue weighted by molar-refractivity contribution is 6.33. The van der Waals surface area contributed by atoms with E-state index >= 15 is 0 Å². The zero-order valence-electron chi connectivity index (χ0n) is 19.7. The quantitative estimate of drug-likeness (QED) is 0.489. The van der Waals surface area contributed by atoms with E-state index in [0.29, 0.717) is 17.3 Å². The first-order chi connectivity index (χ1) is 16.2. The van der Waals surface area contributed by atoms with E-state index in [0.717, 1.165) is 66.5 Å².